The summed E-state index contributed by atoms with van der Waals surface area (Å²) >= 11 is 0. The highest BCUT2D eigenvalue weighted by atomic mass is 14.8. The van der Waals surface area contributed by atoms with Crippen molar-refractivity contribution in [2.45, 2.75) is 13.8 Å². The zero-order valence-corrected chi connectivity index (χ0v) is 8.57. The maximum absolute atomic E-state index is 4.32. The Morgan fingerprint density at radius 2 is 2.29 bits per heavy atom. The minimum absolute atomic E-state index is 0.889. The molecule has 0 aliphatic carbocycles. The van der Waals surface area contributed by atoms with Crippen LogP contribution in [0.4, 0.5) is 5.69 Å². The molecule has 72 valence electrons. The number of aliphatic imine (C=N–C) groups is 1. The van der Waals surface area contributed by atoms with Gasteiger partial charge in [-0.25, -0.2) is 0 Å². The van der Waals surface area contributed by atoms with E-state index in [2.05, 4.69) is 16.6 Å². The van der Waals surface area contributed by atoms with E-state index in [0.717, 1.165) is 16.9 Å². The molecule has 1 aromatic heterocycles. The molecule has 0 N–H and O–H groups in total. The minimum atomic E-state index is 0.889. The normalized spacial score (nSPS) is 11.3. The Labute approximate surface area is 84.7 Å². The Morgan fingerprint density at radius 1 is 1.50 bits per heavy atom. The third-order valence-corrected chi connectivity index (χ3v) is 1.84. The van der Waals surface area contributed by atoms with Crippen molar-refractivity contribution in [2.24, 2.45) is 4.99 Å². The van der Waals surface area contributed by atoms with Gasteiger partial charge in [0.1, 0.15) is 0 Å². The van der Waals surface area contributed by atoms with Crippen LogP contribution in [0.15, 0.2) is 36.0 Å². The van der Waals surface area contributed by atoms with Crippen LogP contribution in [0.5, 0.6) is 0 Å². The van der Waals surface area contributed by atoms with Crippen molar-refractivity contribution in [1.82, 2.24) is 4.98 Å². The third kappa shape index (κ3) is 2.39. The Balaban J connectivity index is 3.10. The van der Waals surface area contributed by atoms with E-state index in [9.17, 15) is 0 Å². The maximum atomic E-state index is 4.32. The third-order valence-electron chi connectivity index (χ3n) is 1.84. The fourth-order valence-electron chi connectivity index (χ4n) is 1.11. The van der Waals surface area contributed by atoms with Gasteiger partial charge in [-0.2, -0.15) is 0 Å². The van der Waals surface area contributed by atoms with Crippen LogP contribution in [0.1, 0.15) is 18.2 Å². The Hall–Kier alpha value is -1.70. The van der Waals surface area contributed by atoms with E-state index in [1.807, 2.05) is 32.1 Å². The Kier molecular flexibility index (Phi) is 3.80. The first-order chi connectivity index (χ1) is 6.79. The highest BCUT2D eigenvalue weighted by Crippen LogP contribution is 2.22. The van der Waals surface area contributed by atoms with Crippen LogP contribution >= 0.6 is 0 Å². The van der Waals surface area contributed by atoms with Crippen LogP contribution in [0, 0.1) is 6.92 Å². The molecule has 0 aromatic carbocycles. The summed E-state index contributed by atoms with van der Waals surface area (Å²) in [7, 11) is 0. The maximum Gasteiger partial charge on any atom is 0.0914 e. The van der Waals surface area contributed by atoms with Crippen LogP contribution in [0.25, 0.3) is 6.08 Å². The minimum Gasteiger partial charge on any atom is -0.259 e. The van der Waals surface area contributed by atoms with Crippen molar-refractivity contribution < 1.29 is 0 Å². The molecule has 0 amide bonds. The molecule has 0 unspecified atom stereocenters. The quantitative estimate of drug-likeness (QED) is 0.665. The number of rotatable bonds is 3. The molecule has 1 aromatic rings. The Bertz CT molecular complexity index is 376. The number of hydrogen-bond acceptors (Lipinski definition) is 2. The molecule has 0 bridgehead atoms. The number of aromatic nitrogens is 1. The summed E-state index contributed by atoms with van der Waals surface area (Å²) in [4.78, 5) is 8.50. The Morgan fingerprint density at radius 3 is 2.93 bits per heavy atom. The largest absolute Gasteiger partial charge is 0.259 e. The van der Waals surface area contributed by atoms with Crippen molar-refractivity contribution in [3.05, 3.63) is 42.3 Å². The smallest absolute Gasteiger partial charge is 0.0914 e. The fraction of sp³-hybridized carbons (Fsp3) is 0.167. The lowest BCUT2D eigenvalue weighted by atomic mass is 10.2. The first kappa shape index (κ1) is 10.4. The molecule has 1 heterocycles. The van der Waals surface area contributed by atoms with Crippen molar-refractivity contribution in [1.29, 1.82) is 0 Å². The number of pyridine rings is 1. The van der Waals surface area contributed by atoms with Gasteiger partial charge in [0.25, 0.3) is 0 Å². The number of hydrogen-bond donors (Lipinski definition) is 0. The number of aryl methyl sites for hydroxylation is 1. The van der Waals surface area contributed by atoms with E-state index < -0.39 is 0 Å². The number of nitrogens with zero attached hydrogens (tertiary/aromatic N) is 2. The molecule has 0 saturated carbocycles. The fourth-order valence-corrected chi connectivity index (χ4v) is 1.11. The molecular formula is C12H14N2. The van der Waals surface area contributed by atoms with Gasteiger partial charge in [0.05, 0.1) is 11.4 Å². The topological polar surface area (TPSA) is 25.2 Å². The molecule has 0 aliphatic rings. The second-order valence-corrected chi connectivity index (χ2v) is 2.84. The van der Waals surface area contributed by atoms with Gasteiger partial charge in [-0.05, 0) is 26.0 Å². The highest BCUT2D eigenvalue weighted by Gasteiger charge is 2.00. The summed E-state index contributed by atoms with van der Waals surface area (Å²) in [6.45, 7) is 7.64. The second kappa shape index (κ2) is 5.12. The molecule has 0 atom stereocenters. The van der Waals surface area contributed by atoms with Gasteiger partial charge in [-0.1, -0.05) is 18.7 Å². The summed E-state index contributed by atoms with van der Waals surface area (Å²) in [6.07, 6.45) is 9.14. The van der Waals surface area contributed by atoms with E-state index in [-0.39, 0.29) is 0 Å². The first-order valence-corrected chi connectivity index (χ1v) is 4.53. The van der Waals surface area contributed by atoms with Crippen LogP contribution in [0.2, 0.25) is 0 Å². The van der Waals surface area contributed by atoms with E-state index in [0.29, 0.717) is 0 Å². The van der Waals surface area contributed by atoms with Gasteiger partial charge >= 0.3 is 0 Å². The molecule has 2 heteroatoms. The van der Waals surface area contributed by atoms with E-state index in [1.54, 1.807) is 18.5 Å². The van der Waals surface area contributed by atoms with Gasteiger partial charge in [0.15, 0.2) is 0 Å². The SMILES string of the molecule is C=Cc1ccnc(C)c1N=C/C=C\C. The van der Waals surface area contributed by atoms with Crippen molar-refractivity contribution in [3.8, 4) is 0 Å². The first-order valence-electron chi connectivity index (χ1n) is 4.53. The molecule has 2 nitrogen and oxygen atoms in total. The molecular weight excluding hydrogens is 172 g/mol. The molecule has 0 fully saturated rings. The summed E-state index contributed by atoms with van der Waals surface area (Å²) in [5, 5.41) is 0. The number of allylic oxidation sites excluding steroid dienone is 2. The summed E-state index contributed by atoms with van der Waals surface area (Å²) in [5.74, 6) is 0. The van der Waals surface area contributed by atoms with Crippen LogP contribution in [-0.4, -0.2) is 11.2 Å². The molecule has 0 aliphatic heterocycles. The molecule has 0 spiro atoms. The highest BCUT2D eigenvalue weighted by molar-refractivity contribution is 5.77. The van der Waals surface area contributed by atoms with Crippen LogP contribution in [0.3, 0.4) is 0 Å². The lowest BCUT2D eigenvalue weighted by Gasteiger charge is -2.02. The zero-order chi connectivity index (χ0) is 10.4. The lowest BCUT2D eigenvalue weighted by molar-refractivity contribution is 1.18. The van der Waals surface area contributed by atoms with Gasteiger partial charge in [0, 0.05) is 18.0 Å². The van der Waals surface area contributed by atoms with Crippen molar-refractivity contribution in [3.63, 3.8) is 0 Å². The average Bonchev–Trinajstić information content (AvgIpc) is 2.20. The zero-order valence-electron chi connectivity index (χ0n) is 8.57. The summed E-state index contributed by atoms with van der Waals surface area (Å²) in [5.41, 5.74) is 2.82. The van der Waals surface area contributed by atoms with Crippen LogP contribution in [-0.2, 0) is 0 Å². The lowest BCUT2D eigenvalue weighted by Crippen LogP contribution is -1.84. The molecule has 0 saturated heterocycles. The van der Waals surface area contributed by atoms with Gasteiger partial charge in [0.2, 0.25) is 0 Å². The van der Waals surface area contributed by atoms with Gasteiger partial charge in [-0.3, -0.25) is 9.98 Å². The van der Waals surface area contributed by atoms with Crippen molar-refractivity contribution >= 4 is 18.0 Å². The predicted molar refractivity (Wildman–Crippen MR) is 62.0 cm³/mol. The average molecular weight is 186 g/mol. The van der Waals surface area contributed by atoms with Gasteiger partial charge < -0.3 is 0 Å². The van der Waals surface area contributed by atoms with E-state index >= 15 is 0 Å². The monoisotopic (exact) mass is 186 g/mol. The predicted octanol–water partition coefficient (Wildman–Crippen LogP) is 3.31. The summed E-state index contributed by atoms with van der Waals surface area (Å²) in [6, 6.07) is 1.91. The van der Waals surface area contributed by atoms with Gasteiger partial charge in [-0.15, -0.1) is 0 Å². The molecule has 1 rings (SSSR count). The van der Waals surface area contributed by atoms with Crippen molar-refractivity contribution in [2.75, 3.05) is 0 Å². The summed E-state index contributed by atoms with van der Waals surface area (Å²) < 4.78 is 0. The standard InChI is InChI=1S/C12H14N2/c1-4-6-8-14-12-10(3)13-9-7-11(12)5-2/h4-9H,2H2,1,3H3/b6-4-,14-8?. The molecule has 14 heavy (non-hydrogen) atoms. The van der Waals surface area contributed by atoms with E-state index in [4.69, 9.17) is 0 Å². The van der Waals surface area contributed by atoms with E-state index in [1.165, 1.54) is 0 Å². The second-order valence-electron chi connectivity index (χ2n) is 2.84. The molecule has 0 radical (unpaired) electrons. The van der Waals surface area contributed by atoms with Crippen LogP contribution < -0.4 is 0 Å².